The van der Waals surface area contributed by atoms with Gasteiger partial charge < -0.3 is 5.32 Å². The van der Waals surface area contributed by atoms with Crippen LogP contribution in [0, 0.1) is 0 Å². The molecular weight excluding hydrogens is 242 g/mol. The molecule has 1 unspecified atom stereocenters. The minimum atomic E-state index is -0.342. The lowest BCUT2D eigenvalue weighted by Crippen LogP contribution is -2.15. The van der Waals surface area contributed by atoms with Crippen LogP contribution in [0.25, 0.3) is 5.65 Å². The summed E-state index contributed by atoms with van der Waals surface area (Å²) in [5.74, 6) is 0.632. The van der Waals surface area contributed by atoms with Crippen LogP contribution in [0.3, 0.4) is 0 Å². The van der Waals surface area contributed by atoms with Crippen molar-refractivity contribution in [3.63, 3.8) is 0 Å². The van der Waals surface area contributed by atoms with Crippen LogP contribution < -0.4 is 11.0 Å². The van der Waals surface area contributed by atoms with Crippen molar-refractivity contribution in [3.8, 4) is 0 Å². The van der Waals surface area contributed by atoms with Gasteiger partial charge in [0.25, 0.3) is 0 Å². The summed E-state index contributed by atoms with van der Waals surface area (Å²) in [6.45, 7) is 2.04. The highest BCUT2D eigenvalue weighted by Gasteiger charge is 2.07. The fraction of sp³-hybridized carbons (Fsp3) is 0.154. The van der Waals surface area contributed by atoms with Gasteiger partial charge in [0.15, 0.2) is 5.65 Å². The molecule has 6 nitrogen and oxygen atoms in total. The number of aromatic amines is 1. The molecule has 0 saturated carbocycles. The maximum absolute atomic E-state index is 11.4. The molecule has 0 radical (unpaired) electrons. The van der Waals surface area contributed by atoms with E-state index in [1.807, 2.05) is 37.3 Å². The van der Waals surface area contributed by atoms with E-state index in [0.717, 1.165) is 5.56 Å². The lowest BCUT2D eigenvalue weighted by atomic mass is 10.1. The van der Waals surface area contributed by atoms with Crippen molar-refractivity contribution in [3.05, 3.63) is 58.5 Å². The van der Waals surface area contributed by atoms with Crippen LogP contribution in [0.15, 0.2) is 47.3 Å². The Bertz CT molecular complexity index is 746. The van der Waals surface area contributed by atoms with Crippen LogP contribution in [0.4, 0.5) is 5.82 Å². The highest BCUT2D eigenvalue weighted by atomic mass is 16.2. The second-order valence-electron chi connectivity index (χ2n) is 4.29. The summed E-state index contributed by atoms with van der Waals surface area (Å²) in [5, 5.41) is 13.6. The number of fused-ring (bicyclic) bond motifs is 1. The first-order valence-electron chi connectivity index (χ1n) is 6.00. The summed E-state index contributed by atoms with van der Waals surface area (Å²) in [6, 6.07) is 13.7. The van der Waals surface area contributed by atoms with E-state index < -0.39 is 0 Å². The Balaban J connectivity index is 1.89. The quantitative estimate of drug-likeness (QED) is 0.745. The fourth-order valence-electron chi connectivity index (χ4n) is 1.93. The molecule has 0 spiro atoms. The molecular formula is C13H13N5O. The van der Waals surface area contributed by atoms with E-state index in [9.17, 15) is 4.79 Å². The van der Waals surface area contributed by atoms with Crippen molar-refractivity contribution in [1.29, 1.82) is 0 Å². The standard InChI is InChI=1S/C13H13N5O/c1-9(10-5-3-2-4-6-10)14-11-7-8-12-15-16-13(19)18(12)17-11/h2-9H,1H3,(H,14,17)(H,16,19). The van der Waals surface area contributed by atoms with Gasteiger partial charge in [0.05, 0.1) is 0 Å². The number of hydrogen-bond donors (Lipinski definition) is 2. The van der Waals surface area contributed by atoms with Gasteiger partial charge >= 0.3 is 5.69 Å². The maximum Gasteiger partial charge on any atom is 0.364 e. The van der Waals surface area contributed by atoms with Crippen LogP contribution in [-0.4, -0.2) is 19.8 Å². The normalized spacial score (nSPS) is 12.5. The molecule has 0 aliphatic heterocycles. The third kappa shape index (κ3) is 2.20. The monoisotopic (exact) mass is 255 g/mol. The van der Waals surface area contributed by atoms with Gasteiger partial charge in [0, 0.05) is 6.04 Å². The van der Waals surface area contributed by atoms with Crippen LogP contribution in [0.5, 0.6) is 0 Å². The topological polar surface area (TPSA) is 75.1 Å². The van der Waals surface area contributed by atoms with Crippen molar-refractivity contribution in [1.82, 2.24) is 19.8 Å². The molecule has 1 atom stereocenters. The Labute approximate surface area is 109 Å². The molecule has 2 aromatic heterocycles. The lowest BCUT2D eigenvalue weighted by molar-refractivity contribution is 0.830. The average molecular weight is 255 g/mol. The number of H-pyrrole nitrogens is 1. The number of benzene rings is 1. The molecule has 3 rings (SSSR count). The molecule has 2 N–H and O–H groups in total. The van der Waals surface area contributed by atoms with Gasteiger partial charge in [-0.3, -0.25) is 0 Å². The molecule has 0 fully saturated rings. The minimum absolute atomic E-state index is 0.105. The van der Waals surface area contributed by atoms with E-state index in [2.05, 4.69) is 20.6 Å². The first-order valence-corrected chi connectivity index (χ1v) is 6.00. The van der Waals surface area contributed by atoms with E-state index in [0.29, 0.717) is 11.5 Å². The SMILES string of the molecule is CC(Nc1ccc2n[nH]c(=O)n2n1)c1ccccc1. The highest BCUT2D eigenvalue weighted by molar-refractivity contribution is 5.44. The first kappa shape index (κ1) is 11.5. The van der Waals surface area contributed by atoms with Crippen molar-refractivity contribution < 1.29 is 0 Å². The van der Waals surface area contributed by atoms with E-state index in [-0.39, 0.29) is 11.7 Å². The zero-order valence-electron chi connectivity index (χ0n) is 10.4. The van der Waals surface area contributed by atoms with Crippen molar-refractivity contribution in [2.45, 2.75) is 13.0 Å². The Morgan fingerprint density at radius 3 is 2.79 bits per heavy atom. The summed E-state index contributed by atoms with van der Waals surface area (Å²) in [7, 11) is 0. The Kier molecular flexibility index (Phi) is 2.75. The second kappa shape index (κ2) is 4.56. The van der Waals surface area contributed by atoms with Gasteiger partial charge in [0.1, 0.15) is 5.82 Å². The molecule has 0 aliphatic carbocycles. The number of aromatic nitrogens is 4. The molecule has 0 amide bonds. The summed E-state index contributed by atoms with van der Waals surface area (Å²) in [4.78, 5) is 11.4. The molecule has 0 saturated heterocycles. The third-order valence-electron chi connectivity index (χ3n) is 2.94. The van der Waals surface area contributed by atoms with Crippen LogP contribution in [0.1, 0.15) is 18.5 Å². The van der Waals surface area contributed by atoms with Crippen molar-refractivity contribution in [2.75, 3.05) is 5.32 Å². The molecule has 96 valence electrons. The summed E-state index contributed by atoms with van der Waals surface area (Å²) < 4.78 is 1.24. The number of rotatable bonds is 3. The molecule has 0 aliphatic rings. The van der Waals surface area contributed by atoms with E-state index in [1.54, 1.807) is 12.1 Å². The molecule has 0 bridgehead atoms. The molecule has 3 aromatic rings. The molecule has 6 heteroatoms. The fourth-order valence-corrected chi connectivity index (χ4v) is 1.93. The van der Waals surface area contributed by atoms with Gasteiger partial charge in [-0.25, -0.2) is 9.89 Å². The summed E-state index contributed by atoms with van der Waals surface area (Å²) in [5.41, 5.74) is 1.32. The lowest BCUT2D eigenvalue weighted by Gasteiger charge is -2.14. The van der Waals surface area contributed by atoms with E-state index >= 15 is 0 Å². The van der Waals surface area contributed by atoms with Gasteiger partial charge in [-0.15, -0.1) is 5.10 Å². The highest BCUT2D eigenvalue weighted by Crippen LogP contribution is 2.16. The first-order chi connectivity index (χ1) is 9.24. The van der Waals surface area contributed by atoms with Gasteiger partial charge in [-0.05, 0) is 24.6 Å². The zero-order chi connectivity index (χ0) is 13.2. The molecule has 1 aromatic carbocycles. The zero-order valence-corrected chi connectivity index (χ0v) is 10.4. The Morgan fingerprint density at radius 2 is 2.00 bits per heavy atom. The largest absolute Gasteiger partial charge is 0.364 e. The van der Waals surface area contributed by atoms with Gasteiger partial charge in [-0.1, -0.05) is 30.3 Å². The number of hydrogen-bond acceptors (Lipinski definition) is 4. The van der Waals surface area contributed by atoms with Crippen LogP contribution in [-0.2, 0) is 0 Å². The predicted octanol–water partition coefficient (Wildman–Crippen LogP) is 1.59. The van der Waals surface area contributed by atoms with Crippen molar-refractivity contribution in [2.24, 2.45) is 0 Å². The van der Waals surface area contributed by atoms with Gasteiger partial charge in [-0.2, -0.15) is 9.61 Å². The van der Waals surface area contributed by atoms with Crippen LogP contribution >= 0.6 is 0 Å². The summed E-state index contributed by atoms with van der Waals surface area (Å²) >= 11 is 0. The maximum atomic E-state index is 11.4. The predicted molar refractivity (Wildman–Crippen MR) is 72.1 cm³/mol. The smallest absolute Gasteiger partial charge is 0.362 e. The Hall–Kier alpha value is -2.63. The third-order valence-corrected chi connectivity index (χ3v) is 2.94. The van der Waals surface area contributed by atoms with E-state index in [4.69, 9.17) is 0 Å². The van der Waals surface area contributed by atoms with Crippen LogP contribution in [0.2, 0.25) is 0 Å². The van der Waals surface area contributed by atoms with Gasteiger partial charge in [0.2, 0.25) is 0 Å². The molecule has 19 heavy (non-hydrogen) atoms. The number of anilines is 1. The van der Waals surface area contributed by atoms with E-state index in [1.165, 1.54) is 4.52 Å². The molecule has 2 heterocycles. The number of nitrogens with zero attached hydrogens (tertiary/aromatic N) is 3. The average Bonchev–Trinajstić information content (AvgIpc) is 2.81. The second-order valence-corrected chi connectivity index (χ2v) is 4.29. The Morgan fingerprint density at radius 1 is 1.21 bits per heavy atom. The summed E-state index contributed by atoms with van der Waals surface area (Å²) in [6.07, 6.45) is 0. The number of nitrogens with one attached hydrogen (secondary N) is 2. The minimum Gasteiger partial charge on any atom is -0.362 e. The van der Waals surface area contributed by atoms with Crippen molar-refractivity contribution >= 4 is 11.5 Å².